The van der Waals surface area contributed by atoms with Crippen LogP contribution in [0.3, 0.4) is 0 Å². The molecule has 1 aliphatic heterocycles. The van der Waals surface area contributed by atoms with Gasteiger partial charge < -0.3 is 16.0 Å². The fourth-order valence-corrected chi connectivity index (χ4v) is 2.87. The van der Waals surface area contributed by atoms with Gasteiger partial charge in [0.15, 0.2) is 5.96 Å². The molecule has 128 valence electrons. The summed E-state index contributed by atoms with van der Waals surface area (Å²) in [7, 11) is 0. The van der Waals surface area contributed by atoms with E-state index in [0.29, 0.717) is 12.0 Å². The fourth-order valence-electron chi connectivity index (χ4n) is 2.87. The number of hydrogen-bond acceptors (Lipinski definition) is 3. The van der Waals surface area contributed by atoms with Gasteiger partial charge in [-0.05, 0) is 50.6 Å². The zero-order valence-corrected chi connectivity index (χ0v) is 15.0. The molecule has 1 saturated heterocycles. The van der Waals surface area contributed by atoms with Crippen LogP contribution >= 0.6 is 0 Å². The van der Waals surface area contributed by atoms with Crippen molar-refractivity contribution in [3.05, 3.63) is 29.3 Å². The van der Waals surface area contributed by atoms with Gasteiger partial charge in [0.2, 0.25) is 0 Å². The third-order valence-electron chi connectivity index (χ3n) is 4.78. The first kappa shape index (κ1) is 17.8. The monoisotopic (exact) mass is 317 g/mol. The molecular weight excluding hydrogens is 286 g/mol. The summed E-state index contributed by atoms with van der Waals surface area (Å²) < 4.78 is 0. The molecule has 3 N–H and O–H groups in total. The molecule has 5 nitrogen and oxygen atoms in total. The molecule has 0 bridgehead atoms. The fraction of sp³-hybridized carbons (Fsp3) is 0.611. The van der Waals surface area contributed by atoms with Crippen LogP contribution in [0.5, 0.6) is 0 Å². The lowest BCUT2D eigenvalue weighted by Crippen LogP contribution is -2.50. The van der Waals surface area contributed by atoms with Gasteiger partial charge in [0.05, 0.1) is 6.54 Å². The highest BCUT2D eigenvalue weighted by Gasteiger charge is 2.19. The van der Waals surface area contributed by atoms with Crippen LogP contribution < -0.4 is 11.1 Å². The highest BCUT2D eigenvalue weighted by Crippen LogP contribution is 2.14. The van der Waals surface area contributed by atoms with Crippen LogP contribution in [-0.4, -0.2) is 61.1 Å². The first-order valence-corrected chi connectivity index (χ1v) is 8.60. The Bertz CT molecular complexity index is 532. The van der Waals surface area contributed by atoms with Gasteiger partial charge >= 0.3 is 0 Å². The molecule has 2 rings (SSSR count). The van der Waals surface area contributed by atoms with Crippen molar-refractivity contribution >= 4 is 11.6 Å². The summed E-state index contributed by atoms with van der Waals surface area (Å²) in [5, 5.41) is 3.19. The van der Waals surface area contributed by atoms with Crippen LogP contribution in [0.25, 0.3) is 0 Å². The zero-order chi connectivity index (χ0) is 16.8. The molecule has 0 radical (unpaired) electrons. The van der Waals surface area contributed by atoms with E-state index in [2.05, 4.69) is 59.9 Å². The summed E-state index contributed by atoms with van der Waals surface area (Å²) >= 11 is 0. The molecule has 0 amide bonds. The standard InChI is InChI=1S/C18H31N5/c1-5-22-8-10-23(11-9-22)16(4)13-20-18(19)21-17-7-6-14(2)15(3)12-17/h6-7,12,16H,5,8-11,13H2,1-4H3,(H3,19,20,21). The highest BCUT2D eigenvalue weighted by atomic mass is 15.3. The van der Waals surface area contributed by atoms with E-state index in [1.54, 1.807) is 0 Å². The molecule has 0 aliphatic carbocycles. The number of nitrogens with one attached hydrogen (secondary N) is 1. The topological polar surface area (TPSA) is 56.9 Å². The third-order valence-corrected chi connectivity index (χ3v) is 4.78. The lowest BCUT2D eigenvalue weighted by molar-refractivity contribution is 0.109. The molecule has 5 heteroatoms. The predicted octanol–water partition coefficient (Wildman–Crippen LogP) is 2.06. The molecule has 1 atom stereocenters. The lowest BCUT2D eigenvalue weighted by Gasteiger charge is -2.37. The van der Waals surface area contributed by atoms with Crippen molar-refractivity contribution in [1.82, 2.24) is 9.80 Å². The molecule has 0 spiro atoms. The number of nitrogens with two attached hydrogens (primary N) is 1. The number of piperazine rings is 1. The Hall–Kier alpha value is -1.59. The second-order valence-corrected chi connectivity index (χ2v) is 6.47. The Kier molecular flexibility index (Phi) is 6.42. The maximum atomic E-state index is 6.03. The summed E-state index contributed by atoms with van der Waals surface area (Å²) in [4.78, 5) is 9.50. The van der Waals surface area contributed by atoms with E-state index in [1.807, 2.05) is 6.07 Å². The van der Waals surface area contributed by atoms with Crippen LogP contribution in [0.4, 0.5) is 5.69 Å². The van der Waals surface area contributed by atoms with E-state index < -0.39 is 0 Å². The normalized spacial score (nSPS) is 18.9. The van der Waals surface area contributed by atoms with Crippen LogP contribution in [0.1, 0.15) is 25.0 Å². The zero-order valence-electron chi connectivity index (χ0n) is 15.0. The molecule has 0 saturated carbocycles. The first-order chi connectivity index (χ1) is 11.0. The molecule has 0 aromatic heterocycles. The van der Waals surface area contributed by atoms with Crippen LogP contribution in [0.15, 0.2) is 23.2 Å². The number of aliphatic imine (C=N–C) groups is 1. The van der Waals surface area contributed by atoms with Crippen molar-refractivity contribution in [2.75, 3.05) is 44.6 Å². The van der Waals surface area contributed by atoms with Gasteiger partial charge in [-0.2, -0.15) is 0 Å². The van der Waals surface area contributed by atoms with Crippen molar-refractivity contribution in [2.24, 2.45) is 10.7 Å². The SMILES string of the molecule is CCN1CCN(C(C)CN=C(N)Nc2ccc(C)c(C)c2)CC1. The third kappa shape index (κ3) is 5.22. The minimum Gasteiger partial charge on any atom is -0.370 e. The summed E-state index contributed by atoms with van der Waals surface area (Å²) in [5.41, 5.74) is 9.56. The molecular formula is C18H31N5. The number of likely N-dealkylation sites (N-methyl/N-ethyl adjacent to an activating group) is 1. The predicted molar refractivity (Wildman–Crippen MR) is 99.2 cm³/mol. The van der Waals surface area contributed by atoms with Gasteiger partial charge in [-0.25, -0.2) is 0 Å². The second-order valence-electron chi connectivity index (χ2n) is 6.47. The van der Waals surface area contributed by atoms with Crippen molar-refractivity contribution < 1.29 is 0 Å². The molecule has 1 aromatic rings. The van der Waals surface area contributed by atoms with E-state index in [9.17, 15) is 0 Å². The number of nitrogens with zero attached hydrogens (tertiary/aromatic N) is 3. The van der Waals surface area contributed by atoms with Crippen molar-refractivity contribution in [1.29, 1.82) is 0 Å². The Morgan fingerprint density at radius 3 is 2.52 bits per heavy atom. The van der Waals surface area contributed by atoms with Crippen molar-refractivity contribution in [3.63, 3.8) is 0 Å². The second kappa shape index (κ2) is 8.31. The van der Waals surface area contributed by atoms with Crippen LogP contribution in [0, 0.1) is 13.8 Å². The smallest absolute Gasteiger partial charge is 0.193 e. The van der Waals surface area contributed by atoms with Crippen LogP contribution in [0.2, 0.25) is 0 Å². The van der Waals surface area contributed by atoms with E-state index in [-0.39, 0.29) is 0 Å². The number of hydrogen-bond donors (Lipinski definition) is 2. The number of anilines is 1. The van der Waals surface area contributed by atoms with Gasteiger partial charge in [0, 0.05) is 37.9 Å². The van der Waals surface area contributed by atoms with E-state index >= 15 is 0 Å². The number of aryl methyl sites for hydroxylation is 2. The summed E-state index contributed by atoms with van der Waals surface area (Å²) in [6.45, 7) is 15.1. The number of guanidine groups is 1. The van der Waals surface area contributed by atoms with Gasteiger partial charge in [0.25, 0.3) is 0 Å². The minimum absolute atomic E-state index is 0.425. The van der Waals surface area contributed by atoms with Gasteiger partial charge in [0.1, 0.15) is 0 Å². The lowest BCUT2D eigenvalue weighted by atomic mass is 10.1. The maximum absolute atomic E-state index is 6.03. The number of rotatable bonds is 5. The molecule has 1 aliphatic rings. The van der Waals surface area contributed by atoms with Gasteiger partial charge in [-0.15, -0.1) is 0 Å². The Labute approximate surface area is 140 Å². The summed E-state index contributed by atoms with van der Waals surface area (Å²) in [6, 6.07) is 6.67. The Balaban J connectivity index is 1.83. The highest BCUT2D eigenvalue weighted by molar-refractivity contribution is 5.92. The Morgan fingerprint density at radius 1 is 1.22 bits per heavy atom. The molecule has 1 heterocycles. The average molecular weight is 317 g/mol. The van der Waals surface area contributed by atoms with Crippen molar-refractivity contribution in [3.8, 4) is 0 Å². The quantitative estimate of drug-likeness (QED) is 0.645. The maximum Gasteiger partial charge on any atom is 0.193 e. The molecule has 23 heavy (non-hydrogen) atoms. The van der Waals surface area contributed by atoms with E-state index in [0.717, 1.165) is 45.0 Å². The molecule has 1 unspecified atom stereocenters. The minimum atomic E-state index is 0.425. The molecule has 1 aromatic carbocycles. The Morgan fingerprint density at radius 2 is 1.91 bits per heavy atom. The molecule has 1 fully saturated rings. The first-order valence-electron chi connectivity index (χ1n) is 8.60. The van der Waals surface area contributed by atoms with Gasteiger partial charge in [-0.3, -0.25) is 9.89 Å². The van der Waals surface area contributed by atoms with Gasteiger partial charge in [-0.1, -0.05) is 13.0 Å². The van der Waals surface area contributed by atoms with Crippen LogP contribution in [-0.2, 0) is 0 Å². The van der Waals surface area contributed by atoms with E-state index in [4.69, 9.17) is 5.73 Å². The largest absolute Gasteiger partial charge is 0.370 e. The van der Waals surface area contributed by atoms with Crippen molar-refractivity contribution in [2.45, 2.75) is 33.7 Å². The number of benzene rings is 1. The summed E-state index contributed by atoms with van der Waals surface area (Å²) in [5.74, 6) is 0.493. The average Bonchev–Trinajstić information content (AvgIpc) is 2.56. The summed E-state index contributed by atoms with van der Waals surface area (Å²) in [6.07, 6.45) is 0. The van der Waals surface area contributed by atoms with E-state index in [1.165, 1.54) is 11.1 Å².